The lowest BCUT2D eigenvalue weighted by atomic mass is 9.72. The second-order valence-corrected chi connectivity index (χ2v) is 7.70. The second kappa shape index (κ2) is 8.38. The largest absolute Gasteiger partial charge is 0.327 e. The number of hydrogen-bond acceptors (Lipinski definition) is 2. The third-order valence-corrected chi connectivity index (χ3v) is 5.23. The lowest BCUT2D eigenvalue weighted by molar-refractivity contribution is 0.0806. The highest BCUT2D eigenvalue weighted by atomic mass is 15.2. The zero-order valence-corrected chi connectivity index (χ0v) is 14.7. The molecule has 120 valence electrons. The van der Waals surface area contributed by atoms with Crippen molar-refractivity contribution >= 4 is 0 Å². The van der Waals surface area contributed by atoms with Crippen LogP contribution in [0.3, 0.4) is 0 Å². The molecule has 1 saturated carbocycles. The summed E-state index contributed by atoms with van der Waals surface area (Å²) in [6.45, 7) is 16.5. The summed E-state index contributed by atoms with van der Waals surface area (Å²) < 4.78 is 0. The molecule has 2 N–H and O–H groups in total. The molecule has 1 fully saturated rings. The van der Waals surface area contributed by atoms with Gasteiger partial charge in [-0.2, -0.15) is 0 Å². The van der Waals surface area contributed by atoms with Crippen molar-refractivity contribution in [3.8, 4) is 0 Å². The van der Waals surface area contributed by atoms with Gasteiger partial charge in [0, 0.05) is 25.2 Å². The highest BCUT2D eigenvalue weighted by Crippen LogP contribution is 2.34. The van der Waals surface area contributed by atoms with E-state index >= 15 is 0 Å². The fourth-order valence-electron chi connectivity index (χ4n) is 4.20. The summed E-state index contributed by atoms with van der Waals surface area (Å²) in [7, 11) is 0. The number of nitrogens with two attached hydrogens (primary N) is 1. The van der Waals surface area contributed by atoms with E-state index < -0.39 is 0 Å². The smallest absolute Gasteiger partial charge is 0.00902 e. The average molecular weight is 283 g/mol. The Morgan fingerprint density at radius 3 is 2.15 bits per heavy atom. The zero-order chi connectivity index (χ0) is 15.3. The van der Waals surface area contributed by atoms with E-state index in [-0.39, 0.29) is 0 Å². The Morgan fingerprint density at radius 2 is 1.70 bits per heavy atom. The Bertz CT molecular complexity index is 248. The van der Waals surface area contributed by atoms with E-state index in [1.54, 1.807) is 0 Å². The summed E-state index contributed by atoms with van der Waals surface area (Å²) in [5.74, 6) is 3.01. The van der Waals surface area contributed by atoms with Gasteiger partial charge in [-0.3, -0.25) is 4.90 Å². The van der Waals surface area contributed by atoms with E-state index in [4.69, 9.17) is 5.73 Å². The van der Waals surface area contributed by atoms with Crippen LogP contribution in [0, 0.1) is 23.7 Å². The Kier molecular flexibility index (Phi) is 7.53. The molecular formula is C18H38N2. The molecule has 0 aromatic carbocycles. The molecule has 0 bridgehead atoms. The van der Waals surface area contributed by atoms with Crippen molar-refractivity contribution in [1.82, 2.24) is 4.90 Å². The molecule has 20 heavy (non-hydrogen) atoms. The summed E-state index contributed by atoms with van der Waals surface area (Å²) in [6, 6.07) is 1.13. The van der Waals surface area contributed by atoms with Crippen molar-refractivity contribution in [2.45, 2.75) is 79.3 Å². The van der Waals surface area contributed by atoms with Gasteiger partial charge in [0.2, 0.25) is 0 Å². The molecule has 0 aliphatic heterocycles. The van der Waals surface area contributed by atoms with E-state index in [2.05, 4.69) is 46.4 Å². The molecule has 1 aliphatic rings. The Hall–Kier alpha value is -0.0800. The fraction of sp³-hybridized carbons (Fsp3) is 1.00. The van der Waals surface area contributed by atoms with Gasteiger partial charge in [0.05, 0.1) is 0 Å². The molecule has 0 aromatic rings. The first-order valence-corrected chi connectivity index (χ1v) is 8.88. The van der Waals surface area contributed by atoms with Crippen molar-refractivity contribution in [2.75, 3.05) is 13.1 Å². The van der Waals surface area contributed by atoms with Gasteiger partial charge in [0.15, 0.2) is 0 Å². The van der Waals surface area contributed by atoms with E-state index in [1.165, 1.54) is 38.8 Å². The molecule has 0 radical (unpaired) electrons. The second-order valence-electron chi connectivity index (χ2n) is 7.70. The number of rotatable bonds is 7. The first kappa shape index (κ1) is 18.0. The highest BCUT2D eigenvalue weighted by Gasteiger charge is 2.33. The fourth-order valence-corrected chi connectivity index (χ4v) is 4.20. The maximum absolute atomic E-state index is 6.50. The molecule has 4 atom stereocenters. The monoisotopic (exact) mass is 282 g/mol. The molecule has 1 aliphatic carbocycles. The van der Waals surface area contributed by atoms with Crippen molar-refractivity contribution in [3.63, 3.8) is 0 Å². The van der Waals surface area contributed by atoms with Crippen LogP contribution in [0.15, 0.2) is 0 Å². The first-order chi connectivity index (χ1) is 9.38. The van der Waals surface area contributed by atoms with Crippen LogP contribution in [0.1, 0.15) is 67.2 Å². The van der Waals surface area contributed by atoms with Gasteiger partial charge in [-0.25, -0.2) is 0 Å². The lowest BCUT2D eigenvalue weighted by Gasteiger charge is -2.43. The minimum atomic E-state index is 0.401. The molecule has 0 saturated heterocycles. The Morgan fingerprint density at radius 1 is 1.10 bits per heavy atom. The molecule has 0 spiro atoms. The Balaban J connectivity index is 2.72. The minimum absolute atomic E-state index is 0.401. The van der Waals surface area contributed by atoms with E-state index in [1.807, 2.05) is 0 Å². The van der Waals surface area contributed by atoms with Gasteiger partial charge in [-0.15, -0.1) is 0 Å². The number of hydrogen-bond donors (Lipinski definition) is 1. The topological polar surface area (TPSA) is 29.3 Å². The van der Waals surface area contributed by atoms with Crippen molar-refractivity contribution in [2.24, 2.45) is 29.4 Å². The molecule has 2 heteroatoms. The SMILES string of the molecule is CCC(CC)N(CC(C)C)CC1C(C)CC(C)CC1N. The van der Waals surface area contributed by atoms with Crippen LogP contribution in [0.2, 0.25) is 0 Å². The van der Waals surface area contributed by atoms with Crippen LogP contribution in [-0.4, -0.2) is 30.1 Å². The van der Waals surface area contributed by atoms with Crippen LogP contribution in [0.4, 0.5) is 0 Å². The van der Waals surface area contributed by atoms with E-state index in [0.717, 1.165) is 23.8 Å². The highest BCUT2D eigenvalue weighted by molar-refractivity contribution is 4.88. The Labute approximate surface area is 127 Å². The molecular weight excluding hydrogens is 244 g/mol. The van der Waals surface area contributed by atoms with Crippen LogP contribution < -0.4 is 5.73 Å². The summed E-state index contributed by atoms with van der Waals surface area (Å²) in [4.78, 5) is 2.74. The normalized spacial score (nSPS) is 31.5. The van der Waals surface area contributed by atoms with E-state index in [0.29, 0.717) is 12.0 Å². The van der Waals surface area contributed by atoms with Gasteiger partial charge in [0.25, 0.3) is 0 Å². The zero-order valence-electron chi connectivity index (χ0n) is 14.7. The average Bonchev–Trinajstić information content (AvgIpc) is 2.34. The maximum atomic E-state index is 6.50. The predicted octanol–water partition coefficient (Wildman–Crippen LogP) is 4.14. The third-order valence-electron chi connectivity index (χ3n) is 5.23. The molecule has 1 rings (SSSR count). The van der Waals surface area contributed by atoms with E-state index in [9.17, 15) is 0 Å². The van der Waals surface area contributed by atoms with Crippen molar-refractivity contribution < 1.29 is 0 Å². The van der Waals surface area contributed by atoms with Crippen LogP contribution >= 0.6 is 0 Å². The summed E-state index contributed by atoms with van der Waals surface area (Å²) in [5, 5.41) is 0. The summed E-state index contributed by atoms with van der Waals surface area (Å²) >= 11 is 0. The van der Waals surface area contributed by atoms with Crippen molar-refractivity contribution in [1.29, 1.82) is 0 Å². The van der Waals surface area contributed by atoms with Gasteiger partial charge in [-0.05, 0) is 49.4 Å². The first-order valence-electron chi connectivity index (χ1n) is 8.88. The van der Waals surface area contributed by atoms with Crippen LogP contribution in [0.5, 0.6) is 0 Å². The quantitative estimate of drug-likeness (QED) is 0.760. The van der Waals surface area contributed by atoms with Gasteiger partial charge in [0.1, 0.15) is 0 Å². The minimum Gasteiger partial charge on any atom is -0.327 e. The summed E-state index contributed by atoms with van der Waals surface area (Å²) in [5.41, 5.74) is 6.50. The standard InChI is InChI=1S/C18H38N2/c1-7-16(8-2)20(11-13(3)4)12-17-15(6)9-14(5)10-18(17)19/h13-18H,7-12,19H2,1-6H3. The molecule has 2 nitrogen and oxygen atoms in total. The van der Waals surface area contributed by atoms with Crippen LogP contribution in [0.25, 0.3) is 0 Å². The third kappa shape index (κ3) is 5.04. The van der Waals surface area contributed by atoms with Crippen LogP contribution in [-0.2, 0) is 0 Å². The molecule has 0 aromatic heterocycles. The van der Waals surface area contributed by atoms with Gasteiger partial charge < -0.3 is 5.73 Å². The van der Waals surface area contributed by atoms with Gasteiger partial charge >= 0.3 is 0 Å². The lowest BCUT2D eigenvalue weighted by Crippen LogP contribution is -2.49. The maximum Gasteiger partial charge on any atom is 0.00902 e. The summed E-state index contributed by atoms with van der Waals surface area (Å²) in [6.07, 6.45) is 5.09. The van der Waals surface area contributed by atoms with Gasteiger partial charge in [-0.1, -0.05) is 41.5 Å². The molecule has 4 unspecified atom stereocenters. The van der Waals surface area contributed by atoms with Crippen molar-refractivity contribution in [3.05, 3.63) is 0 Å². The molecule has 0 heterocycles. The predicted molar refractivity (Wildman–Crippen MR) is 89.8 cm³/mol. The molecule has 0 amide bonds. The number of nitrogens with zero attached hydrogens (tertiary/aromatic N) is 1.